The van der Waals surface area contributed by atoms with Gasteiger partial charge in [0.15, 0.2) is 0 Å². The van der Waals surface area contributed by atoms with Crippen molar-refractivity contribution in [2.75, 3.05) is 11.9 Å². The van der Waals surface area contributed by atoms with Gasteiger partial charge < -0.3 is 19.4 Å². The molecule has 0 fully saturated rings. The van der Waals surface area contributed by atoms with Gasteiger partial charge in [-0.1, -0.05) is 67.8 Å². The molecule has 0 bridgehead atoms. The molecule has 3 aromatic carbocycles. The Morgan fingerprint density at radius 2 is 1.72 bits per heavy atom. The summed E-state index contributed by atoms with van der Waals surface area (Å²) in [6, 6.07) is 25.1. The molecule has 0 aliphatic carbocycles. The first kappa shape index (κ1) is 29.3. The highest BCUT2D eigenvalue weighted by Crippen LogP contribution is 2.42. The Labute approximate surface area is 250 Å². The van der Waals surface area contributed by atoms with Gasteiger partial charge in [-0.3, -0.25) is 4.79 Å². The number of halogens is 1. The van der Waals surface area contributed by atoms with Crippen LogP contribution < -0.4 is 5.32 Å². The second-order valence-electron chi connectivity index (χ2n) is 10.3. The number of benzene rings is 3. The maximum Gasteiger partial charge on any atom is 0.334 e. The zero-order valence-electron chi connectivity index (χ0n) is 24.0. The van der Waals surface area contributed by atoms with Gasteiger partial charge in [-0.2, -0.15) is 0 Å². The molecule has 1 aliphatic heterocycles. The van der Waals surface area contributed by atoms with Crippen LogP contribution in [0.25, 0.3) is 28.0 Å². The quantitative estimate of drug-likeness (QED) is 0.145. The number of hydrogen-bond acceptors (Lipinski definition) is 4. The van der Waals surface area contributed by atoms with E-state index in [2.05, 4.69) is 18.5 Å². The maximum absolute atomic E-state index is 14.1. The van der Waals surface area contributed by atoms with E-state index in [9.17, 15) is 14.0 Å². The third-order valence-electron chi connectivity index (χ3n) is 7.16. The van der Waals surface area contributed by atoms with E-state index in [1.165, 1.54) is 18.2 Å². The first-order chi connectivity index (χ1) is 20.9. The summed E-state index contributed by atoms with van der Waals surface area (Å²) in [6.45, 7) is 10.5. The lowest BCUT2D eigenvalue weighted by molar-refractivity contribution is -0.145. The molecule has 7 heteroatoms. The summed E-state index contributed by atoms with van der Waals surface area (Å²) in [4.78, 5) is 26.5. The molecule has 218 valence electrons. The van der Waals surface area contributed by atoms with E-state index in [-0.39, 0.29) is 18.3 Å². The largest absolute Gasteiger partial charge is 0.493 e. The normalized spacial score (nSPS) is 14.4. The van der Waals surface area contributed by atoms with Crippen LogP contribution in [-0.2, 0) is 20.8 Å². The highest BCUT2D eigenvalue weighted by molar-refractivity contribution is 6.14. The number of rotatable bonds is 11. The summed E-state index contributed by atoms with van der Waals surface area (Å²) in [5, 5.41) is 3.05. The zero-order chi connectivity index (χ0) is 30.3. The van der Waals surface area contributed by atoms with E-state index in [0.717, 1.165) is 16.8 Å². The molecule has 1 atom stereocenters. The second kappa shape index (κ2) is 13.2. The number of amides is 1. The summed E-state index contributed by atoms with van der Waals surface area (Å²) >= 11 is 0. The van der Waals surface area contributed by atoms with Gasteiger partial charge in [-0.25, -0.2) is 9.18 Å². The predicted molar refractivity (Wildman–Crippen MR) is 168 cm³/mol. The first-order valence-corrected chi connectivity index (χ1v) is 14.1. The van der Waals surface area contributed by atoms with Crippen molar-refractivity contribution in [3.8, 4) is 22.4 Å². The summed E-state index contributed by atoms with van der Waals surface area (Å²) in [5.41, 5.74) is 5.44. The van der Waals surface area contributed by atoms with Crippen molar-refractivity contribution in [1.82, 2.24) is 4.57 Å². The van der Waals surface area contributed by atoms with Crippen LogP contribution in [0.2, 0.25) is 0 Å². The standard InChI is InChI=1S/C36H33FN2O4/c1-4-21-42-30-22-29(43-31(40)23-30)19-20-39-34(24(2)3)33(36(41)38-28-13-9-6-10-14-28)32(25-11-7-5-8-12-25)35(39)26-15-17-27(37)18-16-26/h4-18,23,29H,1-2,19-22H2,3H3,(H,38,41). The molecule has 2 heterocycles. The van der Waals surface area contributed by atoms with E-state index in [4.69, 9.17) is 9.47 Å². The maximum atomic E-state index is 14.1. The fraction of sp³-hybridized carbons (Fsp3) is 0.167. The van der Waals surface area contributed by atoms with Crippen molar-refractivity contribution >= 4 is 23.1 Å². The Bertz CT molecular complexity index is 1670. The minimum atomic E-state index is -0.463. The van der Waals surface area contributed by atoms with Crippen molar-refractivity contribution < 1.29 is 23.5 Å². The van der Waals surface area contributed by atoms with E-state index in [1.54, 1.807) is 18.2 Å². The lowest BCUT2D eigenvalue weighted by Crippen LogP contribution is -2.25. The minimum Gasteiger partial charge on any atom is -0.493 e. The first-order valence-electron chi connectivity index (χ1n) is 14.1. The molecular weight excluding hydrogens is 543 g/mol. The molecule has 0 spiro atoms. The number of anilines is 1. The van der Waals surface area contributed by atoms with Gasteiger partial charge in [0.2, 0.25) is 0 Å². The SMILES string of the molecule is C=CCOC1=CC(=O)OC(CCn2c(C(=C)C)c(C(=O)Nc3ccccc3)c(-c3ccccc3)c2-c2ccc(F)cc2)C1. The van der Waals surface area contributed by atoms with Crippen molar-refractivity contribution in [2.45, 2.75) is 32.4 Å². The fourth-order valence-corrected chi connectivity index (χ4v) is 5.37. The van der Waals surface area contributed by atoms with Gasteiger partial charge in [0, 0.05) is 30.6 Å². The Kier molecular flexibility index (Phi) is 9.01. The average Bonchev–Trinajstić information content (AvgIpc) is 3.36. The summed E-state index contributed by atoms with van der Waals surface area (Å²) in [7, 11) is 0. The molecule has 0 saturated carbocycles. The van der Waals surface area contributed by atoms with Gasteiger partial charge in [0.05, 0.1) is 23.0 Å². The predicted octanol–water partition coefficient (Wildman–Crippen LogP) is 8.04. The van der Waals surface area contributed by atoms with E-state index in [1.807, 2.05) is 72.2 Å². The molecule has 0 radical (unpaired) electrons. The van der Waals surface area contributed by atoms with Crippen molar-refractivity contribution in [3.05, 3.63) is 133 Å². The topological polar surface area (TPSA) is 69.6 Å². The van der Waals surface area contributed by atoms with Crippen LogP contribution in [0.4, 0.5) is 10.1 Å². The van der Waals surface area contributed by atoms with E-state index < -0.39 is 12.1 Å². The number of esters is 1. The van der Waals surface area contributed by atoms with Gasteiger partial charge in [0.1, 0.15) is 24.3 Å². The molecular formula is C36H33FN2O4. The monoisotopic (exact) mass is 576 g/mol. The zero-order valence-corrected chi connectivity index (χ0v) is 24.0. The van der Waals surface area contributed by atoms with Crippen molar-refractivity contribution in [3.63, 3.8) is 0 Å². The third kappa shape index (κ3) is 6.67. The van der Waals surface area contributed by atoms with Crippen LogP contribution in [0, 0.1) is 5.82 Å². The minimum absolute atomic E-state index is 0.290. The molecule has 1 aromatic heterocycles. The smallest absolute Gasteiger partial charge is 0.334 e. The number of carbonyl (C=O) groups is 2. The van der Waals surface area contributed by atoms with Crippen LogP contribution in [-0.4, -0.2) is 29.2 Å². The van der Waals surface area contributed by atoms with Gasteiger partial charge >= 0.3 is 5.97 Å². The number of para-hydroxylation sites is 1. The van der Waals surface area contributed by atoms with Crippen LogP contribution in [0.15, 0.2) is 116 Å². The molecule has 1 unspecified atom stereocenters. The molecule has 43 heavy (non-hydrogen) atoms. The molecule has 1 N–H and O–H groups in total. The molecule has 4 aromatic rings. The second-order valence-corrected chi connectivity index (χ2v) is 10.3. The number of carbonyl (C=O) groups excluding carboxylic acids is 2. The number of hydrogen-bond donors (Lipinski definition) is 1. The van der Waals surface area contributed by atoms with Crippen LogP contribution in [0.5, 0.6) is 0 Å². The van der Waals surface area contributed by atoms with Crippen LogP contribution >= 0.6 is 0 Å². The van der Waals surface area contributed by atoms with Gasteiger partial charge in [-0.05, 0) is 60.0 Å². The number of cyclic esters (lactones) is 1. The van der Waals surface area contributed by atoms with Crippen molar-refractivity contribution in [1.29, 1.82) is 0 Å². The summed E-state index contributed by atoms with van der Waals surface area (Å²) in [5.74, 6) is -0.578. The number of aromatic nitrogens is 1. The van der Waals surface area contributed by atoms with Crippen LogP contribution in [0.1, 0.15) is 35.8 Å². The fourth-order valence-electron chi connectivity index (χ4n) is 5.37. The summed E-state index contributed by atoms with van der Waals surface area (Å²) < 4.78 is 27.4. The third-order valence-corrected chi connectivity index (χ3v) is 7.16. The highest BCUT2D eigenvalue weighted by atomic mass is 19.1. The number of ether oxygens (including phenoxy) is 2. The Hall–Kier alpha value is -5.17. The number of nitrogens with one attached hydrogen (secondary N) is 1. The Morgan fingerprint density at radius 3 is 2.37 bits per heavy atom. The van der Waals surface area contributed by atoms with E-state index >= 15 is 0 Å². The molecule has 5 rings (SSSR count). The molecule has 6 nitrogen and oxygen atoms in total. The number of allylic oxidation sites excluding steroid dienone is 1. The molecule has 0 saturated heterocycles. The Balaban J connectivity index is 1.66. The average molecular weight is 577 g/mol. The molecule has 1 aliphatic rings. The van der Waals surface area contributed by atoms with Gasteiger partial charge in [0.25, 0.3) is 5.91 Å². The van der Waals surface area contributed by atoms with Crippen LogP contribution in [0.3, 0.4) is 0 Å². The molecule has 1 amide bonds. The lowest BCUT2D eigenvalue weighted by Gasteiger charge is -2.24. The summed E-state index contributed by atoms with van der Waals surface area (Å²) in [6.07, 6.45) is 3.40. The highest BCUT2D eigenvalue weighted by Gasteiger charge is 2.31. The van der Waals surface area contributed by atoms with Crippen molar-refractivity contribution in [2.24, 2.45) is 0 Å². The number of nitrogens with zero attached hydrogens (tertiary/aromatic N) is 1. The Morgan fingerprint density at radius 1 is 1.05 bits per heavy atom. The van der Waals surface area contributed by atoms with E-state index in [0.29, 0.717) is 53.2 Å². The van der Waals surface area contributed by atoms with Gasteiger partial charge in [-0.15, -0.1) is 0 Å². The lowest BCUT2D eigenvalue weighted by atomic mass is 9.95.